The summed E-state index contributed by atoms with van der Waals surface area (Å²) in [4.78, 5) is 1.42. The number of fused-ring (bicyclic) bond motifs is 1. The molecule has 1 aliphatic heterocycles. The maximum absolute atomic E-state index is 5.74. The van der Waals surface area contributed by atoms with Crippen molar-refractivity contribution in [2.24, 2.45) is 0 Å². The molecule has 0 fully saturated rings. The van der Waals surface area contributed by atoms with Crippen LogP contribution in [0.15, 0.2) is 36.7 Å². The standard InChI is InChI=1S/C22H26N4O2S/c1-15-5-6-16(2)19(9-15)25-13-23-26(22(25)29)14-24-8-7-17-10-20(27-3)21(28-4)11-18(17)12-24/h5-6,9-11,13H,7-8,12,14H2,1-4H3/p+1. The zero-order chi connectivity index (χ0) is 20.5. The maximum Gasteiger partial charge on any atom is 0.207 e. The number of hydrogen-bond donors (Lipinski definition) is 1. The van der Waals surface area contributed by atoms with Gasteiger partial charge in [0, 0.05) is 12.0 Å². The van der Waals surface area contributed by atoms with E-state index in [2.05, 4.69) is 49.3 Å². The summed E-state index contributed by atoms with van der Waals surface area (Å²) in [5.74, 6) is 1.58. The predicted molar refractivity (Wildman–Crippen MR) is 115 cm³/mol. The minimum atomic E-state index is 0.726. The van der Waals surface area contributed by atoms with Crippen LogP contribution in [0.4, 0.5) is 0 Å². The summed E-state index contributed by atoms with van der Waals surface area (Å²) < 4.78 is 15.6. The molecule has 1 unspecified atom stereocenters. The van der Waals surface area contributed by atoms with Gasteiger partial charge in [0.1, 0.15) is 12.9 Å². The minimum Gasteiger partial charge on any atom is -0.493 e. The van der Waals surface area contributed by atoms with Gasteiger partial charge in [-0.3, -0.25) is 4.57 Å². The van der Waals surface area contributed by atoms with Crippen molar-refractivity contribution in [3.05, 3.63) is 63.7 Å². The highest BCUT2D eigenvalue weighted by atomic mass is 32.1. The number of aromatic nitrogens is 3. The Kier molecular flexibility index (Phi) is 5.43. The van der Waals surface area contributed by atoms with Crippen LogP contribution in [0.3, 0.4) is 0 Å². The van der Waals surface area contributed by atoms with Gasteiger partial charge in [0.05, 0.1) is 26.5 Å². The molecule has 0 spiro atoms. The van der Waals surface area contributed by atoms with Gasteiger partial charge in [0.15, 0.2) is 18.2 Å². The molecule has 1 N–H and O–H groups in total. The molecular weight excluding hydrogens is 384 g/mol. The first-order valence-corrected chi connectivity index (χ1v) is 10.2. The third-order valence-electron chi connectivity index (χ3n) is 5.63. The molecule has 3 aromatic rings. The fourth-order valence-corrected chi connectivity index (χ4v) is 4.22. The fraction of sp³-hybridized carbons (Fsp3) is 0.364. The minimum absolute atomic E-state index is 0.726. The lowest BCUT2D eigenvalue weighted by Gasteiger charge is -2.26. The second kappa shape index (κ2) is 8.00. The molecule has 1 atom stereocenters. The highest BCUT2D eigenvalue weighted by Crippen LogP contribution is 2.31. The number of nitrogens with zero attached hydrogens (tertiary/aromatic N) is 3. The van der Waals surface area contributed by atoms with Crippen LogP contribution < -0.4 is 14.4 Å². The molecule has 0 saturated carbocycles. The van der Waals surface area contributed by atoms with Gasteiger partial charge in [-0.1, -0.05) is 12.1 Å². The van der Waals surface area contributed by atoms with Crippen molar-refractivity contribution >= 4 is 12.2 Å². The molecule has 2 heterocycles. The summed E-state index contributed by atoms with van der Waals surface area (Å²) in [6.07, 6.45) is 2.82. The van der Waals surface area contributed by atoms with Crippen LogP contribution in [0.1, 0.15) is 22.3 Å². The lowest BCUT2D eigenvalue weighted by molar-refractivity contribution is -0.939. The highest BCUT2D eigenvalue weighted by molar-refractivity contribution is 7.71. The van der Waals surface area contributed by atoms with Crippen LogP contribution >= 0.6 is 12.2 Å². The van der Waals surface area contributed by atoms with Gasteiger partial charge >= 0.3 is 0 Å². The van der Waals surface area contributed by atoms with Crippen molar-refractivity contribution in [3.8, 4) is 17.2 Å². The summed E-state index contributed by atoms with van der Waals surface area (Å²) in [6, 6.07) is 10.6. The SMILES string of the molecule is COc1cc2c(cc1OC)C[NH+](Cn1ncn(-c3cc(C)ccc3C)c1=S)CC2. The summed E-state index contributed by atoms with van der Waals surface area (Å²) in [5, 5.41) is 4.58. The van der Waals surface area contributed by atoms with Crippen LogP contribution in [0.5, 0.6) is 11.5 Å². The third-order valence-corrected chi connectivity index (χ3v) is 6.03. The Hall–Kier alpha value is -2.64. The van der Waals surface area contributed by atoms with Crippen LogP contribution in [-0.4, -0.2) is 35.1 Å². The number of rotatable bonds is 5. The van der Waals surface area contributed by atoms with E-state index in [4.69, 9.17) is 21.7 Å². The normalized spacial score (nSPS) is 15.8. The Morgan fingerprint density at radius 1 is 1.07 bits per heavy atom. The van der Waals surface area contributed by atoms with Crippen LogP contribution in [0.25, 0.3) is 5.69 Å². The van der Waals surface area contributed by atoms with Gasteiger partial charge in [0.25, 0.3) is 0 Å². The van der Waals surface area contributed by atoms with Crippen LogP contribution in [0.2, 0.25) is 0 Å². The molecule has 1 aliphatic rings. The Balaban J connectivity index is 1.57. The van der Waals surface area contributed by atoms with Gasteiger partial charge in [-0.05, 0) is 61.0 Å². The van der Waals surface area contributed by atoms with E-state index in [1.807, 2.05) is 15.6 Å². The Bertz CT molecular complexity index is 1100. The predicted octanol–water partition coefficient (Wildman–Crippen LogP) is 2.64. The first-order valence-electron chi connectivity index (χ1n) is 9.79. The highest BCUT2D eigenvalue weighted by Gasteiger charge is 2.23. The molecule has 29 heavy (non-hydrogen) atoms. The average Bonchev–Trinajstić information content (AvgIpc) is 3.08. The molecule has 6 nitrogen and oxygen atoms in total. The molecule has 152 valence electrons. The Morgan fingerprint density at radius 3 is 2.52 bits per heavy atom. The second-order valence-corrected chi connectivity index (χ2v) is 8.00. The summed E-state index contributed by atoms with van der Waals surface area (Å²) in [6.45, 7) is 6.87. The number of benzene rings is 2. The molecule has 0 aliphatic carbocycles. The van der Waals surface area contributed by atoms with Crippen molar-refractivity contribution in [1.82, 2.24) is 14.3 Å². The van der Waals surface area contributed by atoms with Crippen molar-refractivity contribution in [3.63, 3.8) is 0 Å². The average molecular weight is 412 g/mol. The Morgan fingerprint density at radius 2 is 1.79 bits per heavy atom. The zero-order valence-electron chi connectivity index (χ0n) is 17.4. The van der Waals surface area contributed by atoms with Gasteiger partial charge in [-0.2, -0.15) is 9.78 Å². The van der Waals surface area contributed by atoms with Crippen molar-refractivity contribution in [2.75, 3.05) is 20.8 Å². The van der Waals surface area contributed by atoms with Crippen molar-refractivity contribution in [2.45, 2.75) is 33.5 Å². The van der Waals surface area contributed by atoms with Crippen LogP contribution in [-0.2, 0) is 19.6 Å². The molecule has 1 aromatic heterocycles. The number of ether oxygens (including phenoxy) is 2. The second-order valence-electron chi connectivity index (χ2n) is 7.63. The quantitative estimate of drug-likeness (QED) is 0.656. The molecule has 0 saturated heterocycles. The molecule has 2 aromatic carbocycles. The number of hydrogen-bond acceptors (Lipinski definition) is 4. The molecule has 0 radical (unpaired) electrons. The van der Waals surface area contributed by atoms with E-state index >= 15 is 0 Å². The zero-order valence-corrected chi connectivity index (χ0v) is 18.2. The number of quaternary nitrogens is 1. The lowest BCUT2D eigenvalue weighted by Crippen LogP contribution is -3.11. The van der Waals surface area contributed by atoms with Gasteiger partial charge < -0.3 is 14.4 Å². The third kappa shape index (κ3) is 3.80. The van der Waals surface area contributed by atoms with Gasteiger partial charge in [-0.15, -0.1) is 0 Å². The molecule has 0 amide bonds. The first-order chi connectivity index (χ1) is 14.0. The summed E-state index contributed by atoms with van der Waals surface area (Å²) in [7, 11) is 3.36. The smallest absolute Gasteiger partial charge is 0.207 e. The summed E-state index contributed by atoms with van der Waals surface area (Å²) in [5.41, 5.74) is 6.12. The maximum atomic E-state index is 5.74. The van der Waals surface area contributed by atoms with Crippen molar-refractivity contribution in [1.29, 1.82) is 0 Å². The Labute approximate surface area is 176 Å². The number of aryl methyl sites for hydroxylation is 2. The van der Waals surface area contributed by atoms with E-state index < -0.39 is 0 Å². The molecule has 0 bridgehead atoms. The van der Waals surface area contributed by atoms with E-state index in [0.717, 1.165) is 48.1 Å². The monoisotopic (exact) mass is 411 g/mol. The fourth-order valence-electron chi connectivity index (χ4n) is 3.97. The van der Waals surface area contributed by atoms with E-state index in [-0.39, 0.29) is 0 Å². The lowest BCUT2D eigenvalue weighted by atomic mass is 9.99. The molecular formula is C22H27N4O2S+. The van der Waals surface area contributed by atoms with Crippen LogP contribution in [0, 0.1) is 18.6 Å². The van der Waals surface area contributed by atoms with E-state index in [0.29, 0.717) is 0 Å². The van der Waals surface area contributed by atoms with E-state index in [1.54, 1.807) is 14.2 Å². The molecule has 7 heteroatoms. The summed E-state index contributed by atoms with van der Waals surface area (Å²) >= 11 is 5.74. The van der Waals surface area contributed by atoms with Gasteiger partial charge in [0.2, 0.25) is 4.77 Å². The number of methoxy groups -OCH3 is 2. The van der Waals surface area contributed by atoms with E-state index in [9.17, 15) is 0 Å². The topological polar surface area (TPSA) is 45.6 Å². The first kappa shape index (κ1) is 19.7. The van der Waals surface area contributed by atoms with Crippen molar-refractivity contribution < 1.29 is 14.4 Å². The largest absolute Gasteiger partial charge is 0.493 e. The molecule has 4 rings (SSSR count). The van der Waals surface area contributed by atoms with E-state index in [1.165, 1.54) is 27.2 Å². The number of nitrogens with one attached hydrogen (secondary N) is 1. The van der Waals surface area contributed by atoms with Gasteiger partial charge in [-0.25, -0.2) is 0 Å².